The van der Waals surface area contributed by atoms with E-state index in [0.717, 1.165) is 38.8 Å². The van der Waals surface area contributed by atoms with Crippen LogP contribution in [-0.2, 0) is 10.0 Å². The molecule has 1 aromatic rings. The molecule has 0 atom stereocenters. The van der Waals surface area contributed by atoms with E-state index in [1.54, 1.807) is 17.0 Å². The molecule has 0 unspecified atom stereocenters. The van der Waals surface area contributed by atoms with Crippen molar-refractivity contribution in [2.75, 3.05) is 33.3 Å². The summed E-state index contributed by atoms with van der Waals surface area (Å²) in [6.07, 6.45) is 3.74. The average molecular weight is 338 g/mol. The molecule has 0 radical (unpaired) electrons. The van der Waals surface area contributed by atoms with Crippen LogP contribution in [-0.4, -0.2) is 56.8 Å². The first-order valence-corrected chi connectivity index (χ1v) is 9.45. The molecule has 7 heteroatoms. The molecule has 0 bridgehead atoms. The lowest BCUT2D eigenvalue weighted by Gasteiger charge is -2.20. The van der Waals surface area contributed by atoms with E-state index in [1.807, 2.05) is 0 Å². The fraction of sp³-hybridized carbons (Fsp3) is 0.562. The number of benzene rings is 1. The molecular weight excluding hydrogens is 316 g/mol. The lowest BCUT2D eigenvalue weighted by molar-refractivity contribution is 0.0792. The third kappa shape index (κ3) is 3.07. The van der Waals surface area contributed by atoms with Crippen LogP contribution in [0.1, 0.15) is 36.0 Å². The summed E-state index contributed by atoms with van der Waals surface area (Å²) in [6.45, 7) is 2.52. The highest BCUT2D eigenvalue weighted by molar-refractivity contribution is 7.89. The number of rotatable bonds is 4. The van der Waals surface area contributed by atoms with E-state index in [2.05, 4.69) is 0 Å². The zero-order valence-electron chi connectivity index (χ0n) is 13.3. The van der Waals surface area contributed by atoms with Gasteiger partial charge in [0.1, 0.15) is 10.6 Å². The predicted octanol–water partition coefficient (Wildman–Crippen LogP) is 1.72. The Bertz CT molecular complexity index is 690. The maximum atomic E-state index is 12.8. The van der Waals surface area contributed by atoms with E-state index in [1.165, 1.54) is 17.5 Å². The van der Waals surface area contributed by atoms with Gasteiger partial charge in [-0.15, -0.1) is 0 Å². The maximum absolute atomic E-state index is 12.8. The standard InChI is InChI=1S/C16H22N2O4S/c1-22-14-7-6-13(16(19)17-8-2-3-9-17)12-15(14)23(20,21)18-10-4-5-11-18/h6-7,12H,2-5,8-11H2,1H3. The van der Waals surface area contributed by atoms with E-state index in [-0.39, 0.29) is 16.6 Å². The van der Waals surface area contributed by atoms with E-state index in [9.17, 15) is 13.2 Å². The summed E-state index contributed by atoms with van der Waals surface area (Å²) in [5.41, 5.74) is 0.408. The maximum Gasteiger partial charge on any atom is 0.253 e. The largest absolute Gasteiger partial charge is 0.495 e. The number of amides is 1. The number of hydrogen-bond acceptors (Lipinski definition) is 4. The van der Waals surface area contributed by atoms with Gasteiger partial charge in [-0.2, -0.15) is 4.31 Å². The van der Waals surface area contributed by atoms with Crippen LogP contribution in [0, 0.1) is 0 Å². The summed E-state index contributed by atoms with van der Waals surface area (Å²) < 4.78 is 32.4. The SMILES string of the molecule is COc1ccc(C(=O)N2CCCC2)cc1S(=O)(=O)N1CCCC1. The predicted molar refractivity (Wildman–Crippen MR) is 86.1 cm³/mol. The summed E-state index contributed by atoms with van der Waals surface area (Å²) in [5.74, 6) is 0.179. The summed E-state index contributed by atoms with van der Waals surface area (Å²) in [7, 11) is -2.18. The first kappa shape index (κ1) is 16.3. The van der Waals surface area contributed by atoms with Gasteiger partial charge < -0.3 is 9.64 Å². The van der Waals surface area contributed by atoms with E-state index in [0.29, 0.717) is 18.7 Å². The van der Waals surface area contributed by atoms with Gasteiger partial charge in [-0.25, -0.2) is 8.42 Å². The molecular formula is C16H22N2O4S. The molecule has 6 nitrogen and oxygen atoms in total. The van der Waals surface area contributed by atoms with Gasteiger partial charge in [0, 0.05) is 31.7 Å². The summed E-state index contributed by atoms with van der Waals surface area (Å²) in [5, 5.41) is 0. The van der Waals surface area contributed by atoms with Gasteiger partial charge in [0.25, 0.3) is 5.91 Å². The lowest BCUT2D eigenvalue weighted by Crippen LogP contribution is -2.30. The molecule has 2 aliphatic rings. The van der Waals surface area contributed by atoms with Crippen molar-refractivity contribution in [2.45, 2.75) is 30.6 Å². The molecule has 0 aliphatic carbocycles. The van der Waals surface area contributed by atoms with E-state index in [4.69, 9.17) is 4.74 Å². The van der Waals surface area contributed by atoms with Gasteiger partial charge in [0.15, 0.2) is 0 Å². The second kappa shape index (κ2) is 6.49. The zero-order valence-corrected chi connectivity index (χ0v) is 14.1. The summed E-state index contributed by atoms with van der Waals surface area (Å²) in [4.78, 5) is 14.4. The molecule has 1 amide bonds. The van der Waals surface area contributed by atoms with Crippen molar-refractivity contribution < 1.29 is 17.9 Å². The third-order valence-electron chi connectivity index (χ3n) is 4.49. The normalized spacial score (nSPS) is 19.3. The van der Waals surface area contributed by atoms with Gasteiger partial charge in [-0.3, -0.25) is 4.79 Å². The van der Waals surface area contributed by atoms with Crippen LogP contribution in [0.2, 0.25) is 0 Å². The molecule has 23 heavy (non-hydrogen) atoms. The number of nitrogens with zero attached hydrogens (tertiary/aromatic N) is 2. The van der Waals surface area contributed by atoms with E-state index < -0.39 is 10.0 Å². The minimum Gasteiger partial charge on any atom is -0.495 e. The minimum atomic E-state index is -3.62. The highest BCUT2D eigenvalue weighted by Crippen LogP contribution is 2.30. The van der Waals surface area contributed by atoms with Gasteiger partial charge >= 0.3 is 0 Å². The number of hydrogen-bond donors (Lipinski definition) is 0. The first-order chi connectivity index (χ1) is 11.0. The second-order valence-electron chi connectivity index (χ2n) is 5.98. The Morgan fingerprint density at radius 3 is 2.26 bits per heavy atom. The first-order valence-electron chi connectivity index (χ1n) is 8.01. The molecule has 3 rings (SSSR count). The van der Waals surface area contributed by atoms with Gasteiger partial charge in [0.2, 0.25) is 10.0 Å². The number of ether oxygens (including phenoxy) is 1. The van der Waals surface area contributed by atoms with Gasteiger partial charge in [0.05, 0.1) is 7.11 Å². The average Bonchev–Trinajstić information content (AvgIpc) is 3.26. The molecule has 0 saturated carbocycles. The zero-order chi connectivity index (χ0) is 16.4. The van der Waals surface area contributed by atoms with Crippen molar-refractivity contribution in [3.63, 3.8) is 0 Å². The van der Waals surface area contributed by atoms with Crippen molar-refractivity contribution >= 4 is 15.9 Å². The van der Waals surface area contributed by atoms with Crippen molar-refractivity contribution in [1.29, 1.82) is 0 Å². The number of likely N-dealkylation sites (tertiary alicyclic amines) is 1. The van der Waals surface area contributed by atoms with Crippen LogP contribution < -0.4 is 4.74 Å². The van der Waals surface area contributed by atoms with Gasteiger partial charge in [-0.1, -0.05) is 0 Å². The molecule has 2 fully saturated rings. The smallest absolute Gasteiger partial charge is 0.253 e. The number of carbonyl (C=O) groups is 1. The number of methoxy groups -OCH3 is 1. The Labute approximate surface area is 137 Å². The summed E-state index contributed by atoms with van der Waals surface area (Å²) in [6, 6.07) is 4.68. The van der Waals surface area contributed by atoms with Crippen LogP contribution in [0.3, 0.4) is 0 Å². The summed E-state index contributed by atoms with van der Waals surface area (Å²) >= 11 is 0. The molecule has 2 aliphatic heterocycles. The Morgan fingerprint density at radius 1 is 1.04 bits per heavy atom. The molecule has 0 N–H and O–H groups in total. The fourth-order valence-electron chi connectivity index (χ4n) is 3.18. The number of sulfonamides is 1. The molecule has 0 aromatic heterocycles. The van der Waals surface area contributed by atoms with E-state index >= 15 is 0 Å². The highest BCUT2D eigenvalue weighted by Gasteiger charge is 2.31. The monoisotopic (exact) mass is 338 g/mol. The van der Waals surface area contributed by atoms with Crippen LogP contribution in [0.15, 0.2) is 23.1 Å². The van der Waals surface area contributed by atoms with Crippen molar-refractivity contribution in [1.82, 2.24) is 9.21 Å². The molecule has 2 heterocycles. The molecule has 126 valence electrons. The Balaban J connectivity index is 1.97. The lowest BCUT2D eigenvalue weighted by atomic mass is 10.2. The second-order valence-corrected chi connectivity index (χ2v) is 7.88. The Hall–Kier alpha value is -1.60. The number of carbonyl (C=O) groups excluding carboxylic acids is 1. The van der Waals surface area contributed by atoms with Crippen LogP contribution in [0.4, 0.5) is 0 Å². The topological polar surface area (TPSA) is 66.9 Å². The Morgan fingerprint density at radius 2 is 1.65 bits per heavy atom. The third-order valence-corrected chi connectivity index (χ3v) is 6.41. The highest BCUT2D eigenvalue weighted by atomic mass is 32.2. The molecule has 2 saturated heterocycles. The van der Waals surface area contributed by atoms with Crippen molar-refractivity contribution in [2.24, 2.45) is 0 Å². The van der Waals surface area contributed by atoms with Crippen LogP contribution >= 0.6 is 0 Å². The Kier molecular flexibility index (Phi) is 4.59. The molecule has 1 aromatic carbocycles. The van der Waals surface area contributed by atoms with Crippen LogP contribution in [0.5, 0.6) is 5.75 Å². The quantitative estimate of drug-likeness (QED) is 0.838. The molecule has 0 spiro atoms. The van der Waals surface area contributed by atoms with Crippen molar-refractivity contribution in [3.05, 3.63) is 23.8 Å². The fourth-order valence-corrected chi connectivity index (χ4v) is 4.88. The minimum absolute atomic E-state index is 0.0898. The van der Waals surface area contributed by atoms with Crippen LogP contribution in [0.25, 0.3) is 0 Å². The van der Waals surface area contributed by atoms with Crippen molar-refractivity contribution in [3.8, 4) is 5.75 Å². The van der Waals surface area contributed by atoms with Gasteiger partial charge in [-0.05, 0) is 43.9 Å².